The summed E-state index contributed by atoms with van der Waals surface area (Å²) in [5.41, 5.74) is 0.956. The maximum Gasteiger partial charge on any atom is 0.294 e. The summed E-state index contributed by atoms with van der Waals surface area (Å²) in [6, 6.07) is 5.99. The van der Waals surface area contributed by atoms with Crippen molar-refractivity contribution in [3.63, 3.8) is 0 Å². The largest absolute Gasteiger partial charge is 0.294 e. The van der Waals surface area contributed by atoms with Crippen molar-refractivity contribution in [1.82, 2.24) is 0 Å². The van der Waals surface area contributed by atoms with Crippen LogP contribution in [0.3, 0.4) is 0 Å². The van der Waals surface area contributed by atoms with Crippen LogP contribution in [-0.2, 0) is 10.1 Å². The van der Waals surface area contributed by atoms with Gasteiger partial charge in [-0.25, -0.2) is 0 Å². The molecule has 0 aliphatic rings. The van der Waals surface area contributed by atoms with Crippen molar-refractivity contribution in [2.75, 3.05) is 0 Å². The normalized spacial score (nSPS) is 10.5. The molecule has 0 atom stereocenters. The van der Waals surface area contributed by atoms with Gasteiger partial charge in [-0.15, -0.1) is 0 Å². The fraction of sp³-hybridized carbons (Fsp3) is 0.143. The van der Waals surface area contributed by atoms with E-state index in [1.807, 2.05) is 6.92 Å². The van der Waals surface area contributed by atoms with Gasteiger partial charge in [0, 0.05) is 37.7 Å². The molecule has 1 N–H and O–H groups in total. The van der Waals surface area contributed by atoms with Crippen molar-refractivity contribution in [1.29, 1.82) is 0 Å². The third-order valence-electron chi connectivity index (χ3n) is 1.32. The van der Waals surface area contributed by atoms with Crippen LogP contribution < -0.4 is 0 Å². The van der Waals surface area contributed by atoms with Gasteiger partial charge >= 0.3 is 0 Å². The Kier molecular flexibility index (Phi) is 4.73. The summed E-state index contributed by atoms with van der Waals surface area (Å²) in [5, 5.41) is 0. The molecule has 0 amide bonds. The summed E-state index contributed by atoms with van der Waals surface area (Å²) in [6.07, 6.45) is 0. The van der Waals surface area contributed by atoms with E-state index < -0.39 is 10.1 Å². The van der Waals surface area contributed by atoms with Gasteiger partial charge in [-0.05, 0) is 19.1 Å². The average Bonchev–Trinajstić information content (AvgIpc) is 1.86. The van der Waals surface area contributed by atoms with Crippen LogP contribution in [0, 0.1) is 6.92 Å². The van der Waals surface area contributed by atoms with Crippen LogP contribution in [0.5, 0.6) is 0 Å². The van der Waals surface area contributed by atoms with E-state index in [4.69, 9.17) is 4.55 Å². The fourth-order valence-electron chi connectivity index (χ4n) is 0.710. The molecule has 0 spiro atoms. The molecule has 0 aromatic heterocycles. The van der Waals surface area contributed by atoms with Gasteiger partial charge in [-0.2, -0.15) is 8.42 Å². The molecule has 3 nitrogen and oxygen atoms in total. The van der Waals surface area contributed by atoms with Gasteiger partial charge in [0.05, 0.1) is 4.90 Å². The van der Waals surface area contributed by atoms with Crippen LogP contribution >= 0.6 is 0 Å². The number of hydrogen-bond acceptors (Lipinski definition) is 2. The predicted molar refractivity (Wildman–Crippen MR) is 46.7 cm³/mol. The third kappa shape index (κ3) is 3.41. The fourth-order valence-corrected chi connectivity index (χ4v) is 1.19. The molecule has 2 radical (unpaired) electrons. The molecular weight excluding hydrogens is 204 g/mol. The van der Waals surface area contributed by atoms with Crippen LogP contribution in [0.4, 0.5) is 0 Å². The van der Waals surface area contributed by atoms with Crippen molar-refractivity contribution in [3.8, 4) is 0 Å². The van der Waals surface area contributed by atoms with Gasteiger partial charge in [0.15, 0.2) is 0 Å². The van der Waals surface area contributed by atoms with E-state index in [0.29, 0.717) is 0 Å². The summed E-state index contributed by atoms with van der Waals surface area (Å²) < 4.78 is 29.6. The van der Waals surface area contributed by atoms with Gasteiger partial charge in [0.1, 0.15) is 0 Å². The van der Waals surface area contributed by atoms with Gasteiger partial charge in [0.2, 0.25) is 0 Å². The second-order valence-electron chi connectivity index (χ2n) is 2.29. The van der Waals surface area contributed by atoms with E-state index in [0.717, 1.165) is 5.56 Å². The van der Waals surface area contributed by atoms with E-state index >= 15 is 0 Å². The molecule has 62 valence electrons. The van der Waals surface area contributed by atoms with E-state index in [1.165, 1.54) is 12.1 Å². The van der Waals surface area contributed by atoms with Gasteiger partial charge < -0.3 is 0 Å². The Labute approximate surface area is 102 Å². The number of hydrogen-bond donors (Lipinski definition) is 1. The molecule has 1 aromatic carbocycles. The Hall–Kier alpha value is 0.390. The molecule has 5 heteroatoms. The summed E-state index contributed by atoms with van der Waals surface area (Å²) in [6.45, 7) is 1.84. The Morgan fingerprint density at radius 1 is 1.17 bits per heavy atom. The summed E-state index contributed by atoms with van der Waals surface area (Å²) in [5.74, 6) is 0. The first-order valence-electron chi connectivity index (χ1n) is 3.04. The van der Waals surface area contributed by atoms with Crippen LogP contribution in [-0.4, -0.2) is 50.7 Å². The van der Waals surface area contributed by atoms with Crippen LogP contribution in [0.25, 0.3) is 0 Å². The molecule has 1 rings (SSSR count). The minimum Gasteiger partial charge on any atom is -0.282 e. The second-order valence-corrected chi connectivity index (χ2v) is 3.71. The number of benzene rings is 1. The van der Waals surface area contributed by atoms with Crippen molar-refractivity contribution in [2.45, 2.75) is 11.8 Å². The van der Waals surface area contributed by atoms with E-state index in [1.54, 1.807) is 12.1 Å². The third-order valence-corrected chi connectivity index (χ3v) is 2.19. The first-order valence-corrected chi connectivity index (χ1v) is 4.48. The SMILES string of the molecule is Cc1ccc(S(=O)(=O)O)cc1.[Ca]. The molecule has 1 aromatic rings. The molecule has 0 saturated heterocycles. The van der Waals surface area contributed by atoms with Gasteiger partial charge in [-0.1, -0.05) is 17.7 Å². The standard InChI is InChI=1S/C7H8O3S.Ca/c1-6-2-4-7(5-3-6)11(8,9)10;/h2-5H,1H3,(H,8,9,10);. The summed E-state index contributed by atoms with van der Waals surface area (Å²) >= 11 is 0. The van der Waals surface area contributed by atoms with Crippen molar-refractivity contribution >= 4 is 47.9 Å². The van der Waals surface area contributed by atoms with Crippen LogP contribution in [0.2, 0.25) is 0 Å². The minimum absolute atomic E-state index is 0. The second kappa shape index (κ2) is 4.58. The zero-order valence-corrected chi connectivity index (χ0v) is 9.71. The first kappa shape index (κ1) is 12.4. The summed E-state index contributed by atoms with van der Waals surface area (Å²) in [4.78, 5) is -0.0666. The van der Waals surface area contributed by atoms with Gasteiger partial charge in [-0.3, -0.25) is 4.55 Å². The number of aryl methyl sites for hydroxylation is 1. The van der Waals surface area contributed by atoms with Crippen molar-refractivity contribution in [3.05, 3.63) is 29.8 Å². The zero-order valence-electron chi connectivity index (χ0n) is 6.69. The van der Waals surface area contributed by atoms with Crippen molar-refractivity contribution < 1.29 is 13.0 Å². The monoisotopic (exact) mass is 212 g/mol. The van der Waals surface area contributed by atoms with E-state index in [9.17, 15) is 8.42 Å². The van der Waals surface area contributed by atoms with Crippen molar-refractivity contribution in [2.24, 2.45) is 0 Å². The molecule has 0 fully saturated rings. The first-order chi connectivity index (χ1) is 5.00. The Morgan fingerprint density at radius 2 is 1.58 bits per heavy atom. The van der Waals surface area contributed by atoms with Crippen LogP contribution in [0.1, 0.15) is 5.56 Å². The smallest absolute Gasteiger partial charge is 0.282 e. The molecular formula is C7H8CaO3S. The molecule has 12 heavy (non-hydrogen) atoms. The molecule has 0 aliphatic carbocycles. The Bertz CT molecular complexity index is 341. The Balaban J connectivity index is 0.00000121. The molecule has 0 unspecified atom stereocenters. The maximum absolute atomic E-state index is 10.5. The number of rotatable bonds is 1. The quantitative estimate of drug-likeness (QED) is 0.555. The van der Waals surface area contributed by atoms with E-state index in [-0.39, 0.29) is 42.6 Å². The molecule has 0 saturated carbocycles. The Morgan fingerprint density at radius 3 is 1.92 bits per heavy atom. The van der Waals surface area contributed by atoms with E-state index in [2.05, 4.69) is 0 Å². The predicted octanol–water partition coefficient (Wildman–Crippen LogP) is 0.861. The molecule has 0 bridgehead atoms. The zero-order chi connectivity index (χ0) is 8.48. The van der Waals surface area contributed by atoms with Gasteiger partial charge in [0.25, 0.3) is 10.1 Å². The summed E-state index contributed by atoms with van der Waals surface area (Å²) in [7, 11) is -4.02. The topological polar surface area (TPSA) is 54.4 Å². The minimum atomic E-state index is -4.02. The maximum atomic E-state index is 10.5. The molecule has 0 heterocycles. The average molecular weight is 212 g/mol. The van der Waals surface area contributed by atoms with Crippen LogP contribution in [0.15, 0.2) is 29.2 Å². The molecule has 0 aliphatic heterocycles.